The minimum atomic E-state index is -0.845. The molecule has 5 nitrogen and oxygen atoms in total. The van der Waals surface area contributed by atoms with E-state index in [1.54, 1.807) is 11.9 Å². The second-order valence-electron chi connectivity index (χ2n) is 4.09. The molecule has 1 heterocycles. The van der Waals surface area contributed by atoms with E-state index in [1.165, 1.54) is 6.33 Å². The van der Waals surface area contributed by atoms with Gasteiger partial charge < -0.3 is 10.0 Å². The van der Waals surface area contributed by atoms with Crippen LogP contribution in [0, 0.1) is 0 Å². The van der Waals surface area contributed by atoms with Crippen LogP contribution < -0.4 is 4.90 Å². The Morgan fingerprint density at radius 3 is 2.78 bits per heavy atom. The summed E-state index contributed by atoms with van der Waals surface area (Å²) in [5.74, 6) is -0.197. The van der Waals surface area contributed by atoms with E-state index in [-0.39, 0.29) is 0 Å². The first-order valence-electron chi connectivity index (χ1n) is 5.80. The molecule has 0 aliphatic heterocycles. The molecule has 1 aromatic carbocycles. The monoisotopic (exact) mass is 245 g/mol. The number of carboxylic acid groups (broad SMARTS) is 1. The third kappa shape index (κ3) is 2.11. The number of hydrogen-bond donors (Lipinski definition) is 1. The van der Waals surface area contributed by atoms with Crippen molar-refractivity contribution in [2.24, 2.45) is 0 Å². The topological polar surface area (TPSA) is 66.3 Å². The van der Waals surface area contributed by atoms with E-state index in [0.29, 0.717) is 12.2 Å². The lowest BCUT2D eigenvalue weighted by Crippen LogP contribution is -2.38. The summed E-state index contributed by atoms with van der Waals surface area (Å²) in [6.45, 7) is 1.85. The van der Waals surface area contributed by atoms with Gasteiger partial charge in [0.05, 0.1) is 5.52 Å². The summed E-state index contributed by atoms with van der Waals surface area (Å²) in [4.78, 5) is 21.3. The molecule has 5 heteroatoms. The zero-order chi connectivity index (χ0) is 13.1. The summed E-state index contributed by atoms with van der Waals surface area (Å²) < 4.78 is 0. The highest BCUT2D eigenvalue weighted by atomic mass is 16.4. The minimum Gasteiger partial charge on any atom is -0.480 e. The number of para-hydroxylation sites is 1. The fraction of sp³-hybridized carbons (Fsp3) is 0.308. The van der Waals surface area contributed by atoms with E-state index in [2.05, 4.69) is 9.97 Å². The van der Waals surface area contributed by atoms with Crippen LogP contribution in [0.4, 0.5) is 5.82 Å². The molecule has 0 amide bonds. The SMILES string of the molecule is CCC(C(=O)O)N(C)c1ncnc2ccccc12. The molecule has 0 saturated heterocycles. The lowest BCUT2D eigenvalue weighted by molar-refractivity contribution is -0.138. The molecule has 94 valence electrons. The van der Waals surface area contributed by atoms with Gasteiger partial charge in [-0.1, -0.05) is 19.1 Å². The number of hydrogen-bond acceptors (Lipinski definition) is 4. The lowest BCUT2D eigenvalue weighted by atomic mass is 10.1. The van der Waals surface area contributed by atoms with Gasteiger partial charge in [0.25, 0.3) is 0 Å². The van der Waals surface area contributed by atoms with Crippen molar-refractivity contribution < 1.29 is 9.90 Å². The number of nitrogens with zero attached hydrogens (tertiary/aromatic N) is 3. The molecule has 0 radical (unpaired) electrons. The average Bonchev–Trinajstić information content (AvgIpc) is 2.38. The van der Waals surface area contributed by atoms with Gasteiger partial charge in [0, 0.05) is 12.4 Å². The van der Waals surface area contributed by atoms with Crippen molar-refractivity contribution in [3.05, 3.63) is 30.6 Å². The van der Waals surface area contributed by atoms with Gasteiger partial charge in [-0.2, -0.15) is 0 Å². The molecular formula is C13H15N3O2. The first-order valence-corrected chi connectivity index (χ1v) is 5.80. The number of rotatable bonds is 4. The number of benzene rings is 1. The molecule has 1 N–H and O–H groups in total. The highest BCUT2D eigenvalue weighted by Gasteiger charge is 2.22. The fourth-order valence-electron chi connectivity index (χ4n) is 2.03. The highest BCUT2D eigenvalue weighted by Crippen LogP contribution is 2.23. The largest absolute Gasteiger partial charge is 0.480 e. The van der Waals surface area contributed by atoms with Crippen molar-refractivity contribution in [3.8, 4) is 0 Å². The van der Waals surface area contributed by atoms with E-state index < -0.39 is 12.0 Å². The average molecular weight is 245 g/mol. The molecule has 18 heavy (non-hydrogen) atoms. The Morgan fingerprint density at radius 2 is 2.11 bits per heavy atom. The van der Waals surface area contributed by atoms with Crippen LogP contribution in [0.25, 0.3) is 10.9 Å². The summed E-state index contributed by atoms with van der Waals surface area (Å²) in [6.07, 6.45) is 1.98. The first-order chi connectivity index (χ1) is 8.65. The predicted molar refractivity (Wildman–Crippen MR) is 69.7 cm³/mol. The van der Waals surface area contributed by atoms with Gasteiger partial charge in [0.2, 0.25) is 0 Å². The van der Waals surface area contributed by atoms with Crippen LogP contribution in [-0.4, -0.2) is 34.1 Å². The maximum Gasteiger partial charge on any atom is 0.326 e. The predicted octanol–water partition coefficient (Wildman–Crippen LogP) is 1.93. The summed E-state index contributed by atoms with van der Waals surface area (Å²) in [6, 6.07) is 6.99. The zero-order valence-electron chi connectivity index (χ0n) is 10.4. The molecule has 0 spiro atoms. The molecule has 0 aliphatic carbocycles. The summed E-state index contributed by atoms with van der Waals surface area (Å²) >= 11 is 0. The van der Waals surface area contributed by atoms with Crippen molar-refractivity contribution in [1.82, 2.24) is 9.97 Å². The number of likely N-dealkylation sites (N-methyl/N-ethyl adjacent to an activating group) is 1. The maximum absolute atomic E-state index is 11.2. The second-order valence-corrected chi connectivity index (χ2v) is 4.09. The normalized spacial score (nSPS) is 12.3. The smallest absolute Gasteiger partial charge is 0.326 e. The molecule has 0 aliphatic rings. The Balaban J connectivity index is 2.50. The van der Waals surface area contributed by atoms with Crippen LogP contribution in [0.3, 0.4) is 0 Å². The van der Waals surface area contributed by atoms with Crippen LogP contribution in [0.2, 0.25) is 0 Å². The van der Waals surface area contributed by atoms with Crippen LogP contribution in [-0.2, 0) is 4.79 Å². The van der Waals surface area contributed by atoms with E-state index in [4.69, 9.17) is 0 Å². The van der Waals surface area contributed by atoms with Crippen molar-refractivity contribution in [1.29, 1.82) is 0 Å². The Labute approximate surface area is 105 Å². The van der Waals surface area contributed by atoms with Gasteiger partial charge in [-0.15, -0.1) is 0 Å². The third-order valence-electron chi connectivity index (χ3n) is 3.00. The number of fused-ring (bicyclic) bond motifs is 1. The molecular weight excluding hydrogens is 230 g/mol. The Hall–Kier alpha value is -2.17. The van der Waals surface area contributed by atoms with Crippen LogP contribution in [0.5, 0.6) is 0 Å². The molecule has 0 fully saturated rings. The quantitative estimate of drug-likeness (QED) is 0.891. The van der Waals surface area contributed by atoms with Crippen LogP contribution >= 0.6 is 0 Å². The fourth-order valence-corrected chi connectivity index (χ4v) is 2.03. The number of aromatic nitrogens is 2. The molecule has 1 unspecified atom stereocenters. The van der Waals surface area contributed by atoms with E-state index in [1.807, 2.05) is 31.2 Å². The Bertz CT molecular complexity index is 566. The number of aliphatic carboxylic acids is 1. The van der Waals surface area contributed by atoms with Gasteiger partial charge in [-0.25, -0.2) is 14.8 Å². The molecule has 2 rings (SSSR count). The van der Waals surface area contributed by atoms with Crippen molar-refractivity contribution in [2.45, 2.75) is 19.4 Å². The van der Waals surface area contributed by atoms with Crippen LogP contribution in [0.1, 0.15) is 13.3 Å². The van der Waals surface area contributed by atoms with E-state index in [9.17, 15) is 9.90 Å². The molecule has 1 aromatic heterocycles. The molecule has 0 saturated carbocycles. The first kappa shape index (κ1) is 12.3. The summed E-state index contributed by atoms with van der Waals surface area (Å²) in [5, 5.41) is 10.1. The minimum absolute atomic E-state index is 0.518. The van der Waals surface area contributed by atoms with Crippen molar-refractivity contribution >= 4 is 22.7 Å². The van der Waals surface area contributed by atoms with Gasteiger partial charge in [0.15, 0.2) is 0 Å². The third-order valence-corrected chi connectivity index (χ3v) is 3.00. The number of carbonyl (C=O) groups is 1. The Kier molecular flexibility index (Phi) is 3.41. The van der Waals surface area contributed by atoms with Gasteiger partial charge in [0.1, 0.15) is 18.2 Å². The molecule has 2 aromatic rings. The zero-order valence-corrected chi connectivity index (χ0v) is 10.4. The lowest BCUT2D eigenvalue weighted by Gasteiger charge is -2.25. The standard InChI is InChI=1S/C13H15N3O2/c1-3-11(13(17)18)16(2)12-9-6-4-5-7-10(9)14-8-15-12/h4-8,11H,3H2,1-2H3,(H,17,18). The van der Waals surface area contributed by atoms with Gasteiger partial charge in [-0.05, 0) is 18.6 Å². The van der Waals surface area contributed by atoms with Crippen molar-refractivity contribution in [3.63, 3.8) is 0 Å². The second kappa shape index (κ2) is 5.00. The van der Waals surface area contributed by atoms with E-state index in [0.717, 1.165) is 10.9 Å². The molecule has 1 atom stereocenters. The van der Waals surface area contributed by atoms with Gasteiger partial charge in [-0.3, -0.25) is 0 Å². The van der Waals surface area contributed by atoms with E-state index >= 15 is 0 Å². The summed E-state index contributed by atoms with van der Waals surface area (Å²) in [7, 11) is 1.75. The van der Waals surface area contributed by atoms with Crippen molar-refractivity contribution in [2.75, 3.05) is 11.9 Å². The number of anilines is 1. The van der Waals surface area contributed by atoms with Crippen LogP contribution in [0.15, 0.2) is 30.6 Å². The number of carboxylic acids is 1. The molecule has 0 bridgehead atoms. The Morgan fingerprint density at radius 1 is 1.39 bits per heavy atom. The highest BCUT2D eigenvalue weighted by molar-refractivity contribution is 5.91. The van der Waals surface area contributed by atoms with Gasteiger partial charge >= 0.3 is 5.97 Å². The maximum atomic E-state index is 11.2. The summed E-state index contributed by atoms with van der Waals surface area (Å²) in [5.41, 5.74) is 0.814.